The van der Waals surface area contributed by atoms with Gasteiger partial charge in [0, 0.05) is 19.2 Å². The Labute approximate surface area is 124 Å². The van der Waals surface area contributed by atoms with Gasteiger partial charge in [0.05, 0.1) is 29.7 Å². The summed E-state index contributed by atoms with van der Waals surface area (Å²) in [6, 6.07) is 8.45. The van der Waals surface area contributed by atoms with Gasteiger partial charge >= 0.3 is 0 Å². The lowest BCUT2D eigenvalue weighted by Crippen LogP contribution is -2.17. The van der Waals surface area contributed by atoms with Crippen molar-refractivity contribution in [2.24, 2.45) is 0 Å². The number of methoxy groups -OCH3 is 1. The Bertz CT molecular complexity index is 603. The number of carbonyl (C=O) groups is 1. The number of carbonyl (C=O) groups excluding carboxylic acids is 1. The molecule has 1 aromatic rings. The second kappa shape index (κ2) is 8.39. The zero-order valence-electron chi connectivity index (χ0n) is 11.8. The number of ether oxygens (including phenoxy) is 1. The van der Waals surface area contributed by atoms with Gasteiger partial charge in [-0.15, -0.1) is 0 Å². The second-order valence-corrected chi connectivity index (χ2v) is 6.79. The minimum absolute atomic E-state index is 0.0270. The predicted molar refractivity (Wildman–Crippen MR) is 79.6 cm³/mol. The molecule has 0 saturated heterocycles. The van der Waals surface area contributed by atoms with Crippen LogP contribution in [0.4, 0.5) is 5.69 Å². The molecule has 0 bridgehead atoms. The summed E-state index contributed by atoms with van der Waals surface area (Å²) in [6.07, 6.45) is 0.403. The average molecular weight is 310 g/mol. The molecule has 114 valence electrons. The number of sulfone groups is 1. The van der Waals surface area contributed by atoms with Crippen molar-refractivity contribution in [3.05, 3.63) is 29.8 Å². The van der Waals surface area contributed by atoms with Crippen molar-refractivity contribution in [2.45, 2.75) is 12.8 Å². The number of benzene rings is 1. The van der Waals surface area contributed by atoms with Crippen molar-refractivity contribution >= 4 is 21.4 Å². The number of rotatable bonds is 8. The molecular weight excluding hydrogens is 292 g/mol. The van der Waals surface area contributed by atoms with Gasteiger partial charge in [0.15, 0.2) is 9.84 Å². The number of amides is 1. The van der Waals surface area contributed by atoms with Gasteiger partial charge in [-0.2, -0.15) is 5.26 Å². The molecule has 6 nitrogen and oxygen atoms in total. The van der Waals surface area contributed by atoms with Gasteiger partial charge in [-0.05, 0) is 30.7 Å². The second-order valence-electron chi connectivity index (χ2n) is 4.49. The summed E-state index contributed by atoms with van der Waals surface area (Å²) in [6.45, 7) is 0.166. The highest BCUT2D eigenvalue weighted by atomic mass is 32.2. The standard InChI is InChI=1S/C14H18N2O4S/c1-20-8-10-21(18,19)9-2-3-14(17)16-13-6-4-12(11-15)5-7-13/h4-7H,2-3,8-10H2,1H3,(H,16,17). The van der Waals surface area contributed by atoms with Crippen LogP contribution in [0.5, 0.6) is 0 Å². The number of hydrogen-bond acceptors (Lipinski definition) is 5. The van der Waals surface area contributed by atoms with Crippen LogP contribution in [-0.4, -0.2) is 39.5 Å². The van der Waals surface area contributed by atoms with Gasteiger partial charge in [0.25, 0.3) is 0 Å². The van der Waals surface area contributed by atoms with Crippen LogP contribution in [0.15, 0.2) is 24.3 Å². The highest BCUT2D eigenvalue weighted by molar-refractivity contribution is 7.91. The van der Waals surface area contributed by atoms with E-state index in [1.165, 1.54) is 7.11 Å². The Hall–Kier alpha value is -1.91. The minimum atomic E-state index is -3.16. The Kier molecular flexibility index (Phi) is 6.85. The Morgan fingerprint density at radius 3 is 2.52 bits per heavy atom. The van der Waals surface area contributed by atoms with E-state index in [4.69, 9.17) is 10.00 Å². The third kappa shape index (κ3) is 6.88. The molecule has 0 unspecified atom stereocenters. The normalized spacial score (nSPS) is 10.9. The van der Waals surface area contributed by atoms with Crippen molar-refractivity contribution in [3.63, 3.8) is 0 Å². The molecule has 0 atom stereocenters. The molecule has 0 aliphatic heterocycles. The summed E-state index contributed by atoms with van der Waals surface area (Å²) in [7, 11) is -1.72. The highest BCUT2D eigenvalue weighted by Crippen LogP contribution is 2.09. The summed E-state index contributed by atoms with van der Waals surface area (Å²) in [5.41, 5.74) is 1.10. The Morgan fingerprint density at radius 2 is 1.95 bits per heavy atom. The molecule has 21 heavy (non-hydrogen) atoms. The monoisotopic (exact) mass is 310 g/mol. The molecule has 7 heteroatoms. The van der Waals surface area contributed by atoms with Gasteiger partial charge in [-0.3, -0.25) is 4.79 Å². The van der Waals surface area contributed by atoms with E-state index in [-0.39, 0.29) is 36.9 Å². The summed E-state index contributed by atoms with van der Waals surface area (Å²) in [4.78, 5) is 11.7. The van der Waals surface area contributed by atoms with Crippen molar-refractivity contribution < 1.29 is 17.9 Å². The summed E-state index contributed by atoms with van der Waals surface area (Å²) in [5, 5.41) is 11.3. The summed E-state index contributed by atoms with van der Waals surface area (Å²) >= 11 is 0. The molecule has 0 heterocycles. The zero-order valence-corrected chi connectivity index (χ0v) is 12.6. The maximum absolute atomic E-state index is 11.7. The fraction of sp³-hybridized carbons (Fsp3) is 0.429. The van der Waals surface area contributed by atoms with Crippen LogP contribution in [0, 0.1) is 11.3 Å². The number of nitriles is 1. The third-order valence-corrected chi connectivity index (χ3v) is 4.45. The lowest BCUT2D eigenvalue weighted by Gasteiger charge is -2.06. The first kappa shape index (κ1) is 17.1. The topological polar surface area (TPSA) is 96.3 Å². The molecule has 0 aromatic heterocycles. The largest absolute Gasteiger partial charge is 0.384 e. The molecule has 0 spiro atoms. The predicted octanol–water partition coefficient (Wildman–Crippen LogP) is 1.34. The van der Waals surface area contributed by atoms with E-state index >= 15 is 0 Å². The van der Waals surface area contributed by atoms with Crippen LogP contribution < -0.4 is 5.32 Å². The minimum Gasteiger partial charge on any atom is -0.384 e. The molecule has 1 amide bonds. The maximum Gasteiger partial charge on any atom is 0.224 e. The lowest BCUT2D eigenvalue weighted by molar-refractivity contribution is -0.116. The van der Waals surface area contributed by atoms with Gasteiger partial charge in [-0.25, -0.2) is 8.42 Å². The molecule has 1 N–H and O–H groups in total. The first-order valence-corrected chi connectivity index (χ1v) is 8.28. The zero-order chi connectivity index (χ0) is 15.7. The number of nitrogens with one attached hydrogen (secondary N) is 1. The molecule has 0 fully saturated rings. The average Bonchev–Trinajstić information content (AvgIpc) is 2.46. The van der Waals surface area contributed by atoms with Crippen molar-refractivity contribution in [1.29, 1.82) is 5.26 Å². The van der Waals surface area contributed by atoms with E-state index in [1.54, 1.807) is 24.3 Å². The molecule has 0 aliphatic rings. The van der Waals surface area contributed by atoms with Crippen molar-refractivity contribution in [3.8, 4) is 6.07 Å². The quantitative estimate of drug-likeness (QED) is 0.781. The number of hydrogen-bond donors (Lipinski definition) is 1. The fourth-order valence-electron chi connectivity index (χ4n) is 1.62. The van der Waals surface area contributed by atoms with Crippen molar-refractivity contribution in [2.75, 3.05) is 30.5 Å². The first-order valence-electron chi connectivity index (χ1n) is 6.46. The lowest BCUT2D eigenvalue weighted by atomic mass is 10.2. The molecule has 1 aromatic carbocycles. The highest BCUT2D eigenvalue weighted by Gasteiger charge is 2.11. The smallest absolute Gasteiger partial charge is 0.224 e. The van der Waals surface area contributed by atoms with Crippen LogP contribution in [0.1, 0.15) is 18.4 Å². The molecule has 0 radical (unpaired) electrons. The molecule has 0 aliphatic carbocycles. The fourth-order valence-corrected chi connectivity index (χ4v) is 2.83. The van der Waals surface area contributed by atoms with E-state index < -0.39 is 9.84 Å². The van der Waals surface area contributed by atoms with E-state index in [2.05, 4.69) is 5.32 Å². The molecular formula is C14H18N2O4S. The Balaban J connectivity index is 2.35. The van der Waals surface area contributed by atoms with Gasteiger partial charge in [0.1, 0.15) is 0 Å². The van der Waals surface area contributed by atoms with Crippen LogP contribution in [0.25, 0.3) is 0 Å². The molecule has 1 rings (SSSR count). The van der Waals surface area contributed by atoms with Crippen molar-refractivity contribution in [1.82, 2.24) is 0 Å². The maximum atomic E-state index is 11.7. The van der Waals surface area contributed by atoms with Gasteiger partial charge < -0.3 is 10.1 Å². The summed E-state index contributed by atoms with van der Waals surface area (Å²) < 4.78 is 27.8. The van der Waals surface area contributed by atoms with Crippen LogP contribution in [0.2, 0.25) is 0 Å². The van der Waals surface area contributed by atoms with Crippen LogP contribution in [-0.2, 0) is 19.4 Å². The Morgan fingerprint density at radius 1 is 1.29 bits per heavy atom. The molecule has 0 saturated carbocycles. The van der Waals surface area contributed by atoms with E-state index in [9.17, 15) is 13.2 Å². The van der Waals surface area contributed by atoms with E-state index in [0.717, 1.165) is 0 Å². The summed E-state index contributed by atoms with van der Waals surface area (Å²) in [5.74, 6) is -0.306. The third-order valence-electron chi connectivity index (χ3n) is 2.76. The van der Waals surface area contributed by atoms with Crippen LogP contribution in [0.3, 0.4) is 0 Å². The van der Waals surface area contributed by atoms with Gasteiger partial charge in [-0.1, -0.05) is 0 Å². The van der Waals surface area contributed by atoms with Crippen LogP contribution >= 0.6 is 0 Å². The number of nitrogens with zero attached hydrogens (tertiary/aromatic N) is 1. The van der Waals surface area contributed by atoms with Gasteiger partial charge in [0.2, 0.25) is 5.91 Å². The van der Waals surface area contributed by atoms with E-state index in [0.29, 0.717) is 11.3 Å². The SMILES string of the molecule is COCCS(=O)(=O)CCCC(=O)Nc1ccc(C#N)cc1. The first-order chi connectivity index (χ1) is 9.96. The number of anilines is 1. The van der Waals surface area contributed by atoms with E-state index in [1.807, 2.05) is 6.07 Å².